The lowest BCUT2D eigenvalue weighted by atomic mass is 10.0. The number of thiophene rings is 1. The van der Waals surface area contributed by atoms with Crippen LogP contribution in [-0.4, -0.2) is 25.5 Å². The minimum absolute atomic E-state index is 0.0642. The molecule has 0 radical (unpaired) electrons. The molecule has 2 heterocycles. The Kier molecular flexibility index (Phi) is 8.60. The van der Waals surface area contributed by atoms with E-state index in [1.54, 1.807) is 6.92 Å². The van der Waals surface area contributed by atoms with Gasteiger partial charge in [0, 0.05) is 12.0 Å². The Morgan fingerprint density at radius 3 is 2.48 bits per heavy atom. The van der Waals surface area contributed by atoms with Gasteiger partial charge in [0.2, 0.25) is 0 Å². The monoisotopic (exact) mass is 516 g/mol. The van der Waals surface area contributed by atoms with Gasteiger partial charge in [0.25, 0.3) is 0 Å². The molecule has 0 aliphatic heterocycles. The highest BCUT2D eigenvalue weighted by atomic mass is 35.5. The van der Waals surface area contributed by atoms with E-state index in [1.807, 2.05) is 0 Å². The molecule has 0 aliphatic rings. The molecule has 33 heavy (non-hydrogen) atoms. The van der Waals surface area contributed by atoms with Gasteiger partial charge in [0.15, 0.2) is 30.2 Å². The first-order chi connectivity index (χ1) is 15.8. The summed E-state index contributed by atoms with van der Waals surface area (Å²) >= 11 is 13.5. The molecular weight excluding hydrogens is 499 g/mol. The third kappa shape index (κ3) is 6.40. The molecule has 0 spiro atoms. The van der Waals surface area contributed by atoms with Crippen molar-refractivity contribution < 1.29 is 37.6 Å². The Labute approximate surface area is 202 Å². The van der Waals surface area contributed by atoms with Crippen LogP contribution in [0.15, 0.2) is 42.7 Å². The molecule has 0 saturated heterocycles. The van der Waals surface area contributed by atoms with Crippen molar-refractivity contribution in [2.45, 2.75) is 26.1 Å². The highest BCUT2D eigenvalue weighted by Crippen LogP contribution is 2.36. The number of nitrogens with one attached hydrogen (secondary N) is 1. The van der Waals surface area contributed by atoms with E-state index in [2.05, 4.69) is 9.72 Å². The average molecular weight is 517 g/mol. The second kappa shape index (κ2) is 11.4. The highest BCUT2D eigenvalue weighted by molar-refractivity contribution is 7.15. The topological polar surface area (TPSA) is 76.0 Å². The Balaban J connectivity index is 1.99. The van der Waals surface area contributed by atoms with E-state index in [-0.39, 0.29) is 29.4 Å². The number of hydrogen-bond donors (Lipinski definition) is 0. The summed E-state index contributed by atoms with van der Waals surface area (Å²) in [4.78, 5) is 27.1. The Morgan fingerprint density at radius 1 is 1.15 bits per heavy atom. The minimum atomic E-state index is -3.03. The van der Waals surface area contributed by atoms with Crippen molar-refractivity contribution in [3.8, 4) is 11.5 Å². The molecule has 0 amide bonds. The Morgan fingerprint density at radius 2 is 1.88 bits per heavy atom. The molecular formula is C22H18Cl2F2NO5S+. The van der Waals surface area contributed by atoms with Crippen molar-refractivity contribution in [2.75, 3.05) is 6.61 Å². The zero-order valence-electron chi connectivity index (χ0n) is 17.1. The molecule has 0 fully saturated rings. The molecule has 6 nitrogen and oxygen atoms in total. The van der Waals surface area contributed by atoms with Gasteiger partial charge >= 0.3 is 12.6 Å². The summed E-state index contributed by atoms with van der Waals surface area (Å²) in [6.45, 7) is -1.14. The molecule has 0 bridgehead atoms. The van der Waals surface area contributed by atoms with E-state index in [1.165, 1.54) is 42.7 Å². The SMILES string of the molecule is CCOc1cc([C@H](Cc2c(Cl)c[nH+]cc2Cl)OC(=O)c2ccc(C=O)s2)ccc1OC(F)F. The van der Waals surface area contributed by atoms with Crippen molar-refractivity contribution in [2.24, 2.45) is 0 Å². The number of esters is 1. The Bertz CT molecular complexity index is 1120. The van der Waals surface area contributed by atoms with Crippen LogP contribution < -0.4 is 14.5 Å². The predicted octanol–water partition coefficient (Wildman–Crippen LogP) is 5.82. The van der Waals surface area contributed by atoms with Gasteiger partial charge in [-0.2, -0.15) is 8.78 Å². The maximum atomic E-state index is 12.8. The van der Waals surface area contributed by atoms with Crippen LogP contribution in [0, 0.1) is 0 Å². The predicted molar refractivity (Wildman–Crippen MR) is 119 cm³/mol. The summed E-state index contributed by atoms with van der Waals surface area (Å²) in [6, 6.07) is 7.25. The van der Waals surface area contributed by atoms with Crippen molar-refractivity contribution >= 4 is 46.8 Å². The third-order valence-electron chi connectivity index (χ3n) is 4.44. The van der Waals surface area contributed by atoms with Gasteiger partial charge in [-0.1, -0.05) is 29.3 Å². The van der Waals surface area contributed by atoms with Gasteiger partial charge < -0.3 is 14.2 Å². The van der Waals surface area contributed by atoms with E-state index in [0.717, 1.165) is 11.3 Å². The fourth-order valence-electron chi connectivity index (χ4n) is 2.98. The standard InChI is InChI=1S/C22H17Cl2F2NO5S/c1-2-30-19-7-12(3-5-17(19)32-22(25)26)18(8-14-15(23)9-27-10-16(14)24)31-21(29)20-6-4-13(11-28)33-20/h3-7,9-11,18,22H,2,8H2,1H3/p+1/t18-/m0/s1. The maximum Gasteiger partial charge on any atom is 0.387 e. The highest BCUT2D eigenvalue weighted by Gasteiger charge is 2.25. The second-order valence-electron chi connectivity index (χ2n) is 6.57. The normalized spacial score (nSPS) is 11.8. The molecule has 3 aromatic rings. The van der Waals surface area contributed by atoms with E-state index < -0.39 is 18.7 Å². The molecule has 1 aromatic carbocycles. The number of aromatic amines is 1. The zero-order chi connectivity index (χ0) is 24.0. The number of halogens is 4. The lowest BCUT2D eigenvalue weighted by Crippen LogP contribution is -2.15. The molecule has 0 unspecified atom stereocenters. The van der Waals surface area contributed by atoms with Crippen LogP contribution in [0.2, 0.25) is 10.0 Å². The van der Waals surface area contributed by atoms with Gasteiger partial charge in [0.1, 0.15) is 21.0 Å². The number of H-pyrrole nitrogens is 1. The Hall–Kier alpha value is -2.75. The van der Waals surface area contributed by atoms with Gasteiger partial charge in [-0.15, -0.1) is 11.3 Å². The number of rotatable bonds is 10. The zero-order valence-corrected chi connectivity index (χ0v) is 19.5. The number of ether oxygens (including phenoxy) is 3. The molecule has 11 heteroatoms. The molecule has 174 valence electrons. The molecule has 0 aliphatic carbocycles. The van der Waals surface area contributed by atoms with Crippen LogP contribution in [0.3, 0.4) is 0 Å². The number of carbonyl (C=O) groups excluding carboxylic acids is 2. The molecule has 1 N–H and O–H groups in total. The van der Waals surface area contributed by atoms with Crippen LogP contribution in [-0.2, 0) is 11.2 Å². The first kappa shape index (κ1) is 24.9. The number of aldehydes is 1. The summed E-state index contributed by atoms with van der Waals surface area (Å²) in [6.07, 6.45) is 2.88. The van der Waals surface area contributed by atoms with Crippen LogP contribution in [0.4, 0.5) is 8.78 Å². The lowest BCUT2D eigenvalue weighted by Gasteiger charge is -2.20. The second-order valence-corrected chi connectivity index (χ2v) is 8.50. The summed E-state index contributed by atoms with van der Waals surface area (Å²) in [5, 5.41) is 0.649. The summed E-state index contributed by atoms with van der Waals surface area (Å²) in [5.74, 6) is -0.757. The smallest absolute Gasteiger partial charge is 0.387 e. The first-order valence-electron chi connectivity index (χ1n) is 9.63. The summed E-state index contributed by atoms with van der Waals surface area (Å²) < 4.78 is 41.2. The number of hydrogen-bond acceptors (Lipinski definition) is 6. The first-order valence-corrected chi connectivity index (χ1v) is 11.2. The number of benzene rings is 1. The number of pyridine rings is 1. The van der Waals surface area contributed by atoms with Crippen LogP contribution >= 0.6 is 34.5 Å². The number of alkyl halides is 2. The van der Waals surface area contributed by atoms with Crippen molar-refractivity contribution in [3.63, 3.8) is 0 Å². The van der Waals surface area contributed by atoms with Crippen LogP contribution in [0.25, 0.3) is 0 Å². The van der Waals surface area contributed by atoms with Crippen molar-refractivity contribution in [1.29, 1.82) is 0 Å². The molecule has 3 rings (SSSR count). The number of carbonyl (C=O) groups is 2. The molecule has 2 aromatic heterocycles. The van der Waals surface area contributed by atoms with Crippen LogP contribution in [0.5, 0.6) is 11.5 Å². The van der Waals surface area contributed by atoms with E-state index in [9.17, 15) is 18.4 Å². The third-order valence-corrected chi connectivity index (χ3v) is 6.10. The van der Waals surface area contributed by atoms with Crippen molar-refractivity contribution in [3.05, 3.63) is 73.7 Å². The van der Waals surface area contributed by atoms with Gasteiger partial charge in [-0.25, -0.2) is 9.78 Å². The molecule has 0 saturated carbocycles. The van der Waals surface area contributed by atoms with Gasteiger partial charge in [0.05, 0.1) is 11.5 Å². The van der Waals surface area contributed by atoms with Gasteiger partial charge in [-0.3, -0.25) is 4.79 Å². The van der Waals surface area contributed by atoms with Crippen LogP contribution in [0.1, 0.15) is 43.5 Å². The summed E-state index contributed by atoms with van der Waals surface area (Å²) in [7, 11) is 0. The summed E-state index contributed by atoms with van der Waals surface area (Å²) in [5.41, 5.74) is 0.959. The molecule has 1 atom stereocenters. The van der Waals surface area contributed by atoms with E-state index in [0.29, 0.717) is 32.3 Å². The quantitative estimate of drug-likeness (QED) is 0.250. The average Bonchev–Trinajstić information content (AvgIpc) is 3.26. The fourth-order valence-corrected chi connectivity index (χ4v) is 4.22. The van der Waals surface area contributed by atoms with Crippen molar-refractivity contribution in [1.82, 2.24) is 0 Å². The van der Waals surface area contributed by atoms with E-state index >= 15 is 0 Å². The van der Waals surface area contributed by atoms with E-state index in [4.69, 9.17) is 32.7 Å². The lowest BCUT2D eigenvalue weighted by molar-refractivity contribution is -0.377. The van der Waals surface area contributed by atoms with Gasteiger partial charge in [-0.05, 0) is 36.8 Å². The fraction of sp³-hybridized carbons (Fsp3) is 0.227. The number of aromatic nitrogens is 1. The minimum Gasteiger partial charge on any atom is -0.490 e. The largest absolute Gasteiger partial charge is 0.490 e. The maximum absolute atomic E-state index is 12.8.